The highest BCUT2D eigenvalue weighted by molar-refractivity contribution is 5.85. The molecule has 1 amide bonds. The first-order valence-corrected chi connectivity index (χ1v) is 12.0. The van der Waals surface area contributed by atoms with Crippen molar-refractivity contribution in [1.29, 1.82) is 5.26 Å². The highest BCUT2D eigenvalue weighted by Crippen LogP contribution is 2.32. The summed E-state index contributed by atoms with van der Waals surface area (Å²) in [6.45, 7) is 8.78. The predicted molar refractivity (Wildman–Crippen MR) is 137 cm³/mol. The molecule has 1 fully saturated rings. The van der Waals surface area contributed by atoms with Crippen molar-refractivity contribution in [2.45, 2.75) is 51.8 Å². The standard InChI is InChI=1S/C25H29N9O3/c1-5-36-18-10-19(23-17(11-26)13-29-34(23)14-18)16-6-7-22(28-12-16)33-9-8-20(31-32-27)21(15-33)30-24(35)37-25(2,3)4/h6-7,10,12-14,20-21H,5,8-9,15H2,1-4H3,(H,30,35)/t20-,21-/m0/s1. The van der Waals surface area contributed by atoms with Crippen molar-refractivity contribution in [3.8, 4) is 22.9 Å². The van der Waals surface area contributed by atoms with E-state index in [2.05, 4.69) is 31.5 Å². The number of hydrogen-bond acceptors (Lipinski definition) is 8. The van der Waals surface area contributed by atoms with E-state index in [1.807, 2.05) is 30.0 Å². The van der Waals surface area contributed by atoms with Crippen LogP contribution < -0.4 is 15.0 Å². The Kier molecular flexibility index (Phi) is 7.36. The molecule has 0 spiro atoms. The monoisotopic (exact) mass is 503 g/mol. The Morgan fingerprint density at radius 3 is 2.84 bits per heavy atom. The summed E-state index contributed by atoms with van der Waals surface area (Å²) >= 11 is 0. The summed E-state index contributed by atoms with van der Waals surface area (Å²) in [5.74, 6) is 1.35. The smallest absolute Gasteiger partial charge is 0.407 e. The van der Waals surface area contributed by atoms with Crippen LogP contribution in [0.4, 0.5) is 10.6 Å². The number of azide groups is 1. The number of carbonyl (C=O) groups excluding carboxylic acids is 1. The zero-order valence-corrected chi connectivity index (χ0v) is 21.2. The largest absolute Gasteiger partial charge is 0.492 e. The number of aromatic nitrogens is 3. The minimum Gasteiger partial charge on any atom is -0.492 e. The fourth-order valence-electron chi connectivity index (χ4n) is 4.33. The minimum absolute atomic E-state index is 0.395. The van der Waals surface area contributed by atoms with Gasteiger partial charge >= 0.3 is 6.09 Å². The second-order valence-electron chi connectivity index (χ2n) is 9.65. The Labute approximate surface area is 214 Å². The van der Waals surface area contributed by atoms with Crippen LogP contribution in [0.3, 0.4) is 0 Å². The van der Waals surface area contributed by atoms with Gasteiger partial charge in [-0.25, -0.2) is 14.3 Å². The van der Waals surface area contributed by atoms with Crippen LogP contribution in [-0.4, -0.2) is 58.1 Å². The first-order valence-electron chi connectivity index (χ1n) is 12.0. The van der Waals surface area contributed by atoms with Gasteiger partial charge in [0.2, 0.25) is 0 Å². The fourth-order valence-corrected chi connectivity index (χ4v) is 4.33. The van der Waals surface area contributed by atoms with Gasteiger partial charge in [-0.15, -0.1) is 0 Å². The Morgan fingerprint density at radius 2 is 2.19 bits per heavy atom. The zero-order chi connectivity index (χ0) is 26.6. The number of nitrogens with one attached hydrogen (secondary N) is 1. The third-order valence-electron chi connectivity index (χ3n) is 5.88. The average Bonchev–Trinajstić information content (AvgIpc) is 3.27. The Hall–Kier alpha value is -4.49. The lowest BCUT2D eigenvalue weighted by atomic mass is 10.00. The van der Waals surface area contributed by atoms with Gasteiger partial charge in [0.05, 0.1) is 42.2 Å². The molecule has 1 N–H and O–H groups in total. The van der Waals surface area contributed by atoms with E-state index in [0.717, 1.165) is 11.1 Å². The van der Waals surface area contributed by atoms with Crippen molar-refractivity contribution in [1.82, 2.24) is 19.9 Å². The topological polar surface area (TPSA) is 154 Å². The van der Waals surface area contributed by atoms with Gasteiger partial charge in [0.25, 0.3) is 0 Å². The number of pyridine rings is 2. The fraction of sp³-hybridized carbons (Fsp3) is 0.440. The quantitative estimate of drug-likeness (QED) is 0.296. The Balaban J connectivity index is 1.59. The number of carbonyl (C=O) groups is 1. The van der Waals surface area contributed by atoms with Gasteiger partial charge in [0.1, 0.15) is 23.2 Å². The molecule has 3 aromatic rings. The Bertz CT molecular complexity index is 1370. The van der Waals surface area contributed by atoms with Gasteiger partial charge in [0.15, 0.2) is 0 Å². The molecule has 192 valence electrons. The SMILES string of the molecule is CCOc1cc(-c2ccc(N3CC[C@H](N=[N+]=[N-])[C@@H](NC(=O)OC(C)(C)C)C3)nc2)c2c(C#N)cnn2c1. The van der Waals surface area contributed by atoms with E-state index in [1.54, 1.807) is 37.7 Å². The molecular weight excluding hydrogens is 474 g/mol. The number of nitrogens with zero attached hydrogens (tertiary/aromatic N) is 8. The predicted octanol–water partition coefficient (Wildman–Crippen LogP) is 4.45. The molecule has 1 aliphatic heterocycles. The minimum atomic E-state index is -0.643. The molecule has 4 heterocycles. The number of alkyl carbamates (subject to hydrolysis) is 1. The maximum atomic E-state index is 12.4. The van der Waals surface area contributed by atoms with Crippen LogP contribution in [0.25, 0.3) is 27.1 Å². The molecule has 0 aliphatic carbocycles. The van der Waals surface area contributed by atoms with E-state index in [4.69, 9.17) is 15.0 Å². The number of hydrogen-bond donors (Lipinski definition) is 1. The molecular formula is C25H29N9O3. The van der Waals surface area contributed by atoms with Gasteiger partial charge < -0.3 is 19.7 Å². The lowest BCUT2D eigenvalue weighted by molar-refractivity contribution is 0.0494. The molecule has 0 radical (unpaired) electrons. The lowest BCUT2D eigenvalue weighted by Crippen LogP contribution is -2.55. The van der Waals surface area contributed by atoms with E-state index >= 15 is 0 Å². The first kappa shape index (κ1) is 25.6. The van der Waals surface area contributed by atoms with Crippen molar-refractivity contribution in [2.24, 2.45) is 5.11 Å². The number of amides is 1. The van der Waals surface area contributed by atoms with Crippen molar-refractivity contribution in [2.75, 3.05) is 24.6 Å². The number of ether oxygens (including phenoxy) is 2. The number of fused-ring (bicyclic) bond motifs is 1. The summed E-state index contributed by atoms with van der Waals surface area (Å²) in [5, 5.41) is 20.6. The van der Waals surface area contributed by atoms with Gasteiger partial charge in [-0.05, 0) is 57.8 Å². The third kappa shape index (κ3) is 5.85. The molecule has 0 bridgehead atoms. The number of piperidine rings is 1. The van der Waals surface area contributed by atoms with Crippen molar-refractivity contribution >= 4 is 17.4 Å². The molecule has 1 aliphatic rings. The van der Waals surface area contributed by atoms with E-state index in [1.165, 1.54) is 6.20 Å². The molecule has 1 saturated heterocycles. The first-order chi connectivity index (χ1) is 17.7. The molecule has 0 aromatic carbocycles. The van der Waals surface area contributed by atoms with Crippen molar-refractivity contribution < 1.29 is 14.3 Å². The van der Waals surface area contributed by atoms with Crippen LogP contribution in [0.15, 0.2) is 41.9 Å². The number of rotatable bonds is 6. The summed E-state index contributed by atoms with van der Waals surface area (Å²) in [6, 6.07) is 7.06. The summed E-state index contributed by atoms with van der Waals surface area (Å²) in [6.07, 6.45) is 5.00. The van der Waals surface area contributed by atoms with Crippen LogP contribution in [0.2, 0.25) is 0 Å². The van der Waals surface area contributed by atoms with E-state index in [-0.39, 0.29) is 0 Å². The number of anilines is 1. The highest BCUT2D eigenvalue weighted by atomic mass is 16.6. The molecule has 2 atom stereocenters. The van der Waals surface area contributed by atoms with Crippen LogP contribution in [0.5, 0.6) is 5.75 Å². The highest BCUT2D eigenvalue weighted by Gasteiger charge is 2.32. The summed E-state index contributed by atoms with van der Waals surface area (Å²) < 4.78 is 12.7. The molecule has 0 saturated carbocycles. The molecule has 0 unspecified atom stereocenters. The van der Waals surface area contributed by atoms with Gasteiger partial charge in [-0.1, -0.05) is 5.11 Å². The number of nitriles is 1. The second-order valence-corrected chi connectivity index (χ2v) is 9.65. The van der Waals surface area contributed by atoms with Gasteiger partial charge in [0, 0.05) is 35.3 Å². The van der Waals surface area contributed by atoms with Gasteiger partial charge in [-0.3, -0.25) is 0 Å². The molecule has 12 heteroatoms. The van der Waals surface area contributed by atoms with Crippen LogP contribution >= 0.6 is 0 Å². The average molecular weight is 504 g/mol. The molecule has 37 heavy (non-hydrogen) atoms. The van der Waals surface area contributed by atoms with Gasteiger partial charge in [-0.2, -0.15) is 10.4 Å². The third-order valence-corrected chi connectivity index (χ3v) is 5.88. The Morgan fingerprint density at radius 1 is 1.38 bits per heavy atom. The second kappa shape index (κ2) is 10.6. The summed E-state index contributed by atoms with van der Waals surface area (Å²) in [5.41, 5.74) is 11.1. The van der Waals surface area contributed by atoms with E-state index < -0.39 is 23.8 Å². The van der Waals surface area contributed by atoms with E-state index in [9.17, 15) is 10.1 Å². The van der Waals surface area contributed by atoms with E-state index in [0.29, 0.717) is 48.8 Å². The molecule has 3 aromatic heterocycles. The lowest BCUT2D eigenvalue weighted by Gasteiger charge is -2.37. The summed E-state index contributed by atoms with van der Waals surface area (Å²) in [4.78, 5) is 22.0. The maximum absolute atomic E-state index is 12.4. The molecule has 12 nitrogen and oxygen atoms in total. The summed E-state index contributed by atoms with van der Waals surface area (Å²) in [7, 11) is 0. The van der Waals surface area contributed by atoms with Crippen LogP contribution in [0, 0.1) is 11.3 Å². The van der Waals surface area contributed by atoms with Crippen LogP contribution in [-0.2, 0) is 4.74 Å². The normalized spacial score (nSPS) is 17.5. The molecule has 4 rings (SSSR count). The van der Waals surface area contributed by atoms with Crippen molar-refractivity contribution in [3.05, 3.63) is 52.8 Å². The van der Waals surface area contributed by atoms with Crippen LogP contribution in [0.1, 0.15) is 39.7 Å². The zero-order valence-electron chi connectivity index (χ0n) is 21.2. The maximum Gasteiger partial charge on any atom is 0.407 e. The van der Waals surface area contributed by atoms with Crippen molar-refractivity contribution in [3.63, 3.8) is 0 Å².